The molecular weight excluding hydrogens is 1020 g/mol. The van der Waals surface area contributed by atoms with Crippen LogP contribution in [0.2, 0.25) is 0 Å². The fourth-order valence-electron chi connectivity index (χ4n) is 12.7. The molecule has 6 heteroatoms. The zero-order valence-electron chi connectivity index (χ0n) is 57.0. The summed E-state index contributed by atoms with van der Waals surface area (Å²) >= 11 is 0. The van der Waals surface area contributed by atoms with E-state index >= 15 is 0 Å². The van der Waals surface area contributed by atoms with Gasteiger partial charge in [0.25, 0.3) is 6.33 Å². The van der Waals surface area contributed by atoms with E-state index in [1.54, 1.807) is 0 Å². The van der Waals surface area contributed by atoms with Crippen LogP contribution < -0.4 is 9.30 Å². The van der Waals surface area contributed by atoms with Crippen LogP contribution in [0.1, 0.15) is 52.5 Å². The number of imidazole rings is 1. The number of para-hydroxylation sites is 3. The standard InChI is InChI=1S/C78H57N5O/c1-49-21-19-22-50(2)75(49)53-42-67-61-30-12-10-28-59(61)58-27-9-11-29-60(58)66-41-52(51-23-7-6-8-24-51)43-72-76(66)81(77(67)73(44-53)82-68-34-16-13-31-62(68)63-32-14-17-35-69(63)82)48-80(72)55-25-20-26-56(46-55)84-57-37-38-65-64-33-15-18-36-70(64)83(71(65)47-57)74-45-54(39-40-79-74)78(3,4)5/h6-47H,1-5H3/i1D3,2D3,6D,7D,8D,23D,24D. The molecule has 0 saturated carbocycles. The summed E-state index contributed by atoms with van der Waals surface area (Å²) in [7, 11) is 0. The molecule has 400 valence electrons. The van der Waals surface area contributed by atoms with Crippen LogP contribution in [0.5, 0.6) is 11.5 Å². The Hall–Kier alpha value is -10.6. The molecule has 0 unspecified atom stereocenters. The zero-order chi connectivity index (χ0) is 65.7. The highest BCUT2D eigenvalue weighted by atomic mass is 16.5. The van der Waals surface area contributed by atoms with Crippen molar-refractivity contribution in [3.05, 3.63) is 278 Å². The van der Waals surface area contributed by atoms with Crippen molar-refractivity contribution in [1.29, 1.82) is 0 Å². The molecule has 0 radical (unpaired) electrons. The molecule has 6 nitrogen and oxygen atoms in total. The summed E-state index contributed by atoms with van der Waals surface area (Å²) in [5, 5.41) is 3.97. The van der Waals surface area contributed by atoms with Gasteiger partial charge < -0.3 is 9.30 Å². The summed E-state index contributed by atoms with van der Waals surface area (Å²) in [6.45, 7) is 1.07. The number of aryl methyl sites for hydroxylation is 2. The van der Waals surface area contributed by atoms with Crippen molar-refractivity contribution in [2.45, 2.75) is 39.9 Å². The van der Waals surface area contributed by atoms with Crippen molar-refractivity contribution in [2.24, 2.45) is 0 Å². The largest absolute Gasteiger partial charge is 0.458 e. The van der Waals surface area contributed by atoms with Crippen LogP contribution in [0.3, 0.4) is 0 Å². The van der Waals surface area contributed by atoms with Gasteiger partial charge in [0.2, 0.25) is 0 Å². The number of fused-ring (bicyclic) bond motifs is 13. The van der Waals surface area contributed by atoms with E-state index in [9.17, 15) is 2.74 Å². The number of aromatic nitrogens is 5. The number of nitrogens with zero attached hydrogens (tertiary/aromatic N) is 5. The summed E-state index contributed by atoms with van der Waals surface area (Å²) < 4.78 is 115. The zero-order valence-corrected chi connectivity index (χ0v) is 46.0. The normalized spacial score (nSPS) is 14.3. The number of hydrogen-bond acceptors (Lipinski definition) is 2. The van der Waals surface area contributed by atoms with E-state index in [1.165, 1.54) is 18.2 Å². The summed E-state index contributed by atoms with van der Waals surface area (Å²) in [5.41, 5.74) is 12.2. The van der Waals surface area contributed by atoms with E-state index < -0.39 is 31.8 Å². The molecule has 84 heavy (non-hydrogen) atoms. The van der Waals surface area contributed by atoms with Gasteiger partial charge in [0.05, 0.1) is 57.0 Å². The van der Waals surface area contributed by atoms with Gasteiger partial charge in [-0.05, 0) is 170 Å². The minimum atomic E-state index is -2.74. The third kappa shape index (κ3) is 7.78. The number of pyridine rings is 1. The minimum Gasteiger partial charge on any atom is -0.458 e. The average Bonchev–Trinajstić information content (AvgIpc) is 1.60. The maximum Gasteiger partial charge on any atom is 0.269 e. The highest BCUT2D eigenvalue weighted by Gasteiger charge is 2.30. The van der Waals surface area contributed by atoms with Gasteiger partial charge in [-0.3, -0.25) is 13.7 Å². The topological polar surface area (TPSA) is 40.8 Å². The van der Waals surface area contributed by atoms with Crippen LogP contribution in [0.15, 0.2) is 255 Å². The lowest BCUT2D eigenvalue weighted by atomic mass is 9.87. The summed E-state index contributed by atoms with van der Waals surface area (Å²) in [6.07, 6.45) is 5.73. The number of ether oxygens (including phenoxy) is 1. The SMILES string of the molecule is [2H]c1c([2H])c([2H])c(-c2cc3c4c(c2)n(-c2cccc(Oc5ccc6c7ccccc7n(-c7cc(C(C)(C)C)ccn7)c6c5)c2)[c-][n+]4-c2c(cc(-c4c(C([2H])([2H])[2H])cccc4C([2H])([2H])[2H])cc2-n2c4ccccc4c4ccccc42)-c2ccccc2-c2ccccc2-3)c([2H])c1[2H]. The van der Waals surface area contributed by atoms with Crippen LogP contribution >= 0.6 is 0 Å². The molecular formula is C78H57N5O. The first-order valence-electron chi connectivity index (χ1n) is 33.5. The van der Waals surface area contributed by atoms with Gasteiger partial charge in [-0.15, -0.1) is 0 Å². The third-order valence-electron chi connectivity index (χ3n) is 16.6. The molecule has 0 N–H and O–H groups in total. The second-order valence-corrected chi connectivity index (χ2v) is 22.5. The molecule has 11 aromatic carbocycles. The van der Waals surface area contributed by atoms with Crippen molar-refractivity contribution in [2.75, 3.05) is 0 Å². The fraction of sp³-hybridized carbons (Fsp3) is 0.0769. The van der Waals surface area contributed by atoms with Gasteiger partial charge in [-0.1, -0.05) is 184 Å². The molecule has 0 spiro atoms. The Morgan fingerprint density at radius 2 is 1.06 bits per heavy atom. The first-order valence-corrected chi connectivity index (χ1v) is 28.0. The van der Waals surface area contributed by atoms with Gasteiger partial charge >= 0.3 is 0 Å². The third-order valence-corrected chi connectivity index (χ3v) is 16.6. The van der Waals surface area contributed by atoms with Crippen molar-refractivity contribution < 1.29 is 24.4 Å². The fourth-order valence-corrected chi connectivity index (χ4v) is 12.7. The summed E-state index contributed by atoms with van der Waals surface area (Å²) in [5.74, 6) is 1.82. The molecule has 0 saturated heterocycles. The molecule has 4 aromatic heterocycles. The van der Waals surface area contributed by atoms with Crippen molar-refractivity contribution >= 4 is 54.6 Å². The van der Waals surface area contributed by atoms with Crippen LogP contribution in [0.25, 0.3) is 133 Å². The highest BCUT2D eigenvalue weighted by molar-refractivity contribution is 6.11. The molecule has 5 heterocycles. The van der Waals surface area contributed by atoms with Gasteiger partial charge in [-0.25, -0.2) is 4.98 Å². The quantitative estimate of drug-likeness (QED) is 0.118. The molecule has 15 aromatic rings. The average molecular weight is 1090 g/mol. The Labute approximate surface area is 503 Å². The summed E-state index contributed by atoms with van der Waals surface area (Å²) in [4.78, 5) is 4.91. The first kappa shape index (κ1) is 39.0. The van der Waals surface area contributed by atoms with Gasteiger partial charge in [0, 0.05) is 42.0 Å². The van der Waals surface area contributed by atoms with Crippen molar-refractivity contribution in [3.63, 3.8) is 0 Å². The predicted octanol–water partition coefficient (Wildman–Crippen LogP) is 19.7. The number of hydrogen-bond donors (Lipinski definition) is 0. The van der Waals surface area contributed by atoms with Crippen LogP contribution in [-0.4, -0.2) is 18.7 Å². The minimum absolute atomic E-state index is 0.00502. The lowest BCUT2D eigenvalue weighted by Crippen LogP contribution is -2.33. The highest BCUT2D eigenvalue weighted by Crippen LogP contribution is 2.48. The number of benzene rings is 11. The Kier molecular flexibility index (Phi) is 8.82. The second kappa shape index (κ2) is 19.0. The molecule has 0 amide bonds. The van der Waals surface area contributed by atoms with E-state index in [-0.39, 0.29) is 39.8 Å². The molecule has 0 fully saturated rings. The number of rotatable bonds is 7. The Balaban J connectivity index is 1.02. The van der Waals surface area contributed by atoms with Crippen LogP contribution in [0, 0.1) is 20.0 Å². The van der Waals surface area contributed by atoms with Gasteiger partial charge in [0.1, 0.15) is 17.3 Å². The molecule has 0 bridgehead atoms. The first-order chi connectivity index (χ1) is 45.6. The van der Waals surface area contributed by atoms with Gasteiger partial charge in [0.15, 0.2) is 0 Å². The van der Waals surface area contributed by atoms with Crippen LogP contribution in [-0.2, 0) is 5.41 Å². The predicted molar refractivity (Wildman–Crippen MR) is 346 cm³/mol. The van der Waals surface area contributed by atoms with Gasteiger partial charge in [-0.2, -0.15) is 0 Å². The molecule has 1 aliphatic heterocycles. The van der Waals surface area contributed by atoms with Crippen LogP contribution in [0.4, 0.5) is 0 Å². The monoisotopic (exact) mass is 1090 g/mol. The Morgan fingerprint density at radius 3 is 1.73 bits per heavy atom. The van der Waals surface area contributed by atoms with E-state index in [4.69, 9.17) is 22.1 Å². The van der Waals surface area contributed by atoms with E-state index in [1.807, 2.05) is 173 Å². The van der Waals surface area contributed by atoms with E-state index in [0.717, 1.165) is 77.2 Å². The molecule has 1 aliphatic rings. The Bertz CT molecular complexity index is 5640. The Morgan fingerprint density at radius 1 is 0.476 bits per heavy atom. The van der Waals surface area contributed by atoms with E-state index in [2.05, 4.69) is 78.7 Å². The van der Waals surface area contributed by atoms with Crippen molar-refractivity contribution in [1.82, 2.24) is 18.7 Å². The van der Waals surface area contributed by atoms with Crippen molar-refractivity contribution in [3.8, 4) is 90.0 Å². The van der Waals surface area contributed by atoms with E-state index in [0.29, 0.717) is 61.8 Å². The molecule has 0 aliphatic carbocycles. The maximum absolute atomic E-state index is 9.46. The lowest BCUT2D eigenvalue weighted by Gasteiger charge is -2.23. The summed E-state index contributed by atoms with van der Waals surface area (Å²) in [6, 6.07) is 68.0. The lowest BCUT2D eigenvalue weighted by molar-refractivity contribution is -0.571. The second-order valence-electron chi connectivity index (χ2n) is 22.5. The maximum atomic E-state index is 9.46. The molecule has 16 rings (SSSR count). The molecule has 0 atom stereocenters. The smallest absolute Gasteiger partial charge is 0.269 e.